The van der Waals surface area contributed by atoms with Crippen molar-refractivity contribution in [1.29, 1.82) is 0 Å². The average Bonchev–Trinajstić information content (AvgIpc) is 2.87. The Morgan fingerprint density at radius 3 is 2.60 bits per heavy atom. The molecule has 1 aliphatic rings. The number of aromatic amines is 1. The zero-order valence-electron chi connectivity index (χ0n) is 15.2. The first-order chi connectivity index (χ1) is 12.0. The van der Waals surface area contributed by atoms with Crippen LogP contribution in [-0.4, -0.2) is 38.7 Å². The first-order valence-corrected chi connectivity index (χ1v) is 8.92. The molecule has 2 aromatic heterocycles. The molecule has 0 aliphatic carbocycles. The maximum absolute atomic E-state index is 12.5. The van der Waals surface area contributed by atoms with Crippen molar-refractivity contribution in [2.24, 2.45) is 0 Å². The molecule has 0 spiro atoms. The van der Waals surface area contributed by atoms with Crippen LogP contribution >= 0.6 is 0 Å². The number of hydrogen-bond donors (Lipinski definition) is 1. The fourth-order valence-corrected chi connectivity index (χ4v) is 3.54. The molecule has 0 saturated carbocycles. The monoisotopic (exact) mass is 342 g/mol. The van der Waals surface area contributed by atoms with Crippen molar-refractivity contribution >= 4 is 5.91 Å². The van der Waals surface area contributed by atoms with Crippen LogP contribution in [0.15, 0.2) is 23.1 Å². The molecule has 0 unspecified atom stereocenters. The van der Waals surface area contributed by atoms with E-state index < -0.39 is 0 Å². The summed E-state index contributed by atoms with van der Waals surface area (Å²) in [5.41, 5.74) is 4.39. The van der Waals surface area contributed by atoms with Crippen molar-refractivity contribution in [3.05, 3.63) is 51.2 Å². The number of carbonyl (C=O) groups excluding carboxylic acids is 1. The second-order valence-electron chi connectivity index (χ2n) is 6.91. The Kier molecular flexibility index (Phi) is 5.06. The van der Waals surface area contributed by atoms with E-state index in [0.29, 0.717) is 18.9 Å². The number of pyridine rings is 1. The molecule has 2 aromatic rings. The van der Waals surface area contributed by atoms with E-state index >= 15 is 0 Å². The first-order valence-electron chi connectivity index (χ1n) is 8.92. The fraction of sp³-hybridized carbons (Fsp3) is 0.526. The summed E-state index contributed by atoms with van der Waals surface area (Å²) in [5, 5.41) is 4.50. The van der Waals surface area contributed by atoms with E-state index in [2.05, 4.69) is 17.0 Å². The number of piperidine rings is 1. The molecule has 1 aliphatic heterocycles. The lowest BCUT2D eigenvalue weighted by Crippen LogP contribution is -2.38. The molecule has 6 nitrogen and oxygen atoms in total. The van der Waals surface area contributed by atoms with E-state index in [1.165, 1.54) is 5.56 Å². The highest BCUT2D eigenvalue weighted by Crippen LogP contribution is 2.27. The van der Waals surface area contributed by atoms with Gasteiger partial charge in [-0.3, -0.25) is 14.3 Å². The SMILES string of the molecule is Cc1nn(CCC(=O)N2CCC(c3cc[nH]c(=O)c3)CC2)c(C)c1C. The predicted molar refractivity (Wildman–Crippen MR) is 96.7 cm³/mol. The fourth-order valence-electron chi connectivity index (χ4n) is 3.54. The zero-order valence-corrected chi connectivity index (χ0v) is 15.2. The van der Waals surface area contributed by atoms with Crippen LogP contribution in [0.4, 0.5) is 0 Å². The third-order valence-corrected chi connectivity index (χ3v) is 5.40. The lowest BCUT2D eigenvalue weighted by molar-refractivity contribution is -0.132. The number of rotatable bonds is 4. The Bertz CT molecular complexity index is 813. The van der Waals surface area contributed by atoms with Gasteiger partial charge in [0.25, 0.3) is 0 Å². The van der Waals surface area contributed by atoms with Gasteiger partial charge in [-0.25, -0.2) is 0 Å². The van der Waals surface area contributed by atoms with Crippen LogP contribution < -0.4 is 5.56 Å². The third-order valence-electron chi connectivity index (χ3n) is 5.40. The Balaban J connectivity index is 1.53. The minimum Gasteiger partial charge on any atom is -0.343 e. The normalized spacial score (nSPS) is 15.6. The Labute approximate surface area is 147 Å². The number of nitrogens with zero attached hydrogens (tertiary/aromatic N) is 3. The van der Waals surface area contributed by atoms with Gasteiger partial charge in [-0.1, -0.05) is 0 Å². The second kappa shape index (κ2) is 7.25. The van der Waals surface area contributed by atoms with Crippen molar-refractivity contribution in [2.75, 3.05) is 13.1 Å². The molecule has 0 atom stereocenters. The van der Waals surface area contributed by atoms with E-state index in [4.69, 9.17) is 0 Å². The quantitative estimate of drug-likeness (QED) is 0.927. The molecule has 0 radical (unpaired) electrons. The van der Waals surface area contributed by atoms with Gasteiger partial charge in [0.1, 0.15) is 0 Å². The first kappa shape index (κ1) is 17.5. The summed E-state index contributed by atoms with van der Waals surface area (Å²) in [6.07, 6.45) is 4.01. The van der Waals surface area contributed by atoms with Gasteiger partial charge in [-0.15, -0.1) is 0 Å². The maximum Gasteiger partial charge on any atom is 0.248 e. The molecule has 0 bridgehead atoms. The van der Waals surface area contributed by atoms with Crippen LogP contribution in [-0.2, 0) is 11.3 Å². The van der Waals surface area contributed by atoms with Crippen LogP contribution in [0.2, 0.25) is 0 Å². The van der Waals surface area contributed by atoms with Gasteiger partial charge in [-0.2, -0.15) is 5.10 Å². The molecule has 1 saturated heterocycles. The molecule has 25 heavy (non-hydrogen) atoms. The number of likely N-dealkylation sites (tertiary alicyclic amines) is 1. The van der Waals surface area contributed by atoms with Gasteiger partial charge in [0, 0.05) is 44.0 Å². The smallest absolute Gasteiger partial charge is 0.248 e. The number of H-pyrrole nitrogens is 1. The van der Waals surface area contributed by atoms with Gasteiger partial charge >= 0.3 is 0 Å². The number of hydrogen-bond acceptors (Lipinski definition) is 3. The summed E-state index contributed by atoms with van der Waals surface area (Å²) >= 11 is 0. The topological polar surface area (TPSA) is 71.0 Å². The van der Waals surface area contributed by atoms with Crippen LogP contribution in [0.25, 0.3) is 0 Å². The standard InChI is InChI=1S/C19H26N4O2/c1-13-14(2)21-23(15(13)3)11-7-19(25)22-9-5-16(6-10-22)17-4-8-20-18(24)12-17/h4,8,12,16H,5-7,9-11H2,1-3H3,(H,20,24). The molecule has 1 N–H and O–H groups in total. The minimum absolute atomic E-state index is 0.0591. The summed E-state index contributed by atoms with van der Waals surface area (Å²) in [5.74, 6) is 0.555. The minimum atomic E-state index is -0.0591. The van der Waals surface area contributed by atoms with Crippen molar-refractivity contribution in [2.45, 2.75) is 52.5 Å². The van der Waals surface area contributed by atoms with Crippen LogP contribution in [0.5, 0.6) is 0 Å². The third kappa shape index (κ3) is 3.83. The van der Waals surface area contributed by atoms with Crippen LogP contribution in [0.3, 0.4) is 0 Å². The molecular formula is C19H26N4O2. The number of aromatic nitrogens is 3. The van der Waals surface area contributed by atoms with Gasteiger partial charge < -0.3 is 9.88 Å². The Morgan fingerprint density at radius 1 is 1.28 bits per heavy atom. The summed E-state index contributed by atoms with van der Waals surface area (Å²) in [4.78, 5) is 28.6. The Hall–Kier alpha value is -2.37. The van der Waals surface area contributed by atoms with Gasteiger partial charge in [-0.05, 0) is 56.7 Å². The lowest BCUT2D eigenvalue weighted by atomic mass is 9.90. The van der Waals surface area contributed by atoms with E-state index in [0.717, 1.165) is 42.9 Å². The predicted octanol–water partition coefficient (Wildman–Crippen LogP) is 2.29. The molecule has 134 valence electrons. The van der Waals surface area contributed by atoms with Gasteiger partial charge in [0.15, 0.2) is 0 Å². The Morgan fingerprint density at radius 2 is 2.00 bits per heavy atom. The zero-order chi connectivity index (χ0) is 18.0. The molecule has 3 rings (SSSR count). The average molecular weight is 342 g/mol. The van der Waals surface area contributed by atoms with Crippen molar-refractivity contribution in [3.8, 4) is 0 Å². The molecule has 1 fully saturated rings. The lowest BCUT2D eigenvalue weighted by Gasteiger charge is -2.32. The highest BCUT2D eigenvalue weighted by atomic mass is 16.2. The van der Waals surface area contributed by atoms with Gasteiger partial charge in [0.05, 0.1) is 5.69 Å². The summed E-state index contributed by atoms with van der Waals surface area (Å²) in [7, 11) is 0. The number of aryl methyl sites for hydroxylation is 2. The molecule has 1 amide bonds. The summed E-state index contributed by atoms with van der Waals surface area (Å²) < 4.78 is 1.94. The van der Waals surface area contributed by atoms with E-state index in [9.17, 15) is 9.59 Å². The van der Waals surface area contributed by atoms with Crippen molar-refractivity contribution < 1.29 is 4.79 Å². The molecule has 6 heteroatoms. The molecule has 0 aromatic carbocycles. The largest absolute Gasteiger partial charge is 0.343 e. The van der Waals surface area contributed by atoms with Crippen molar-refractivity contribution in [3.63, 3.8) is 0 Å². The van der Waals surface area contributed by atoms with Crippen molar-refractivity contribution in [1.82, 2.24) is 19.7 Å². The van der Waals surface area contributed by atoms with E-state index in [1.807, 2.05) is 29.5 Å². The summed E-state index contributed by atoms with van der Waals surface area (Å²) in [6.45, 7) is 8.26. The van der Waals surface area contributed by atoms with Crippen LogP contribution in [0.1, 0.15) is 47.7 Å². The highest BCUT2D eigenvalue weighted by molar-refractivity contribution is 5.76. The summed E-state index contributed by atoms with van der Waals surface area (Å²) in [6, 6.07) is 3.64. The van der Waals surface area contributed by atoms with Crippen LogP contribution in [0, 0.1) is 20.8 Å². The maximum atomic E-state index is 12.5. The van der Waals surface area contributed by atoms with E-state index in [1.54, 1.807) is 12.3 Å². The van der Waals surface area contributed by atoms with E-state index in [-0.39, 0.29) is 11.5 Å². The number of nitrogens with one attached hydrogen (secondary N) is 1. The molecular weight excluding hydrogens is 316 g/mol. The number of amides is 1. The number of carbonyl (C=O) groups is 1. The second-order valence-corrected chi connectivity index (χ2v) is 6.91. The van der Waals surface area contributed by atoms with Gasteiger partial charge in [0.2, 0.25) is 11.5 Å². The molecule has 3 heterocycles. The highest BCUT2D eigenvalue weighted by Gasteiger charge is 2.24.